The zero-order chi connectivity index (χ0) is 8.65. The topological polar surface area (TPSA) is 38.0 Å². The first-order chi connectivity index (χ1) is 5.93. The molecule has 0 bridgehead atoms. The largest absolute Gasteiger partial charge is 0.329 e. The van der Waals surface area contributed by atoms with Crippen molar-refractivity contribution in [3.05, 3.63) is 35.9 Å². The molecule has 3 N–H and O–H groups in total. The minimum Gasteiger partial charge on any atom is -0.329 e. The van der Waals surface area contributed by atoms with Crippen LogP contribution in [0.3, 0.4) is 0 Å². The molecule has 0 heterocycles. The molecule has 0 aromatic heterocycles. The normalized spacial score (nSPS) is 10.1. The van der Waals surface area contributed by atoms with Crippen molar-refractivity contribution in [2.45, 2.75) is 6.42 Å². The first-order valence-corrected chi connectivity index (χ1v) is 4.29. The van der Waals surface area contributed by atoms with Gasteiger partial charge in [-0.25, -0.2) is 0 Å². The van der Waals surface area contributed by atoms with Crippen molar-refractivity contribution in [3.63, 3.8) is 0 Å². The third-order valence-electron chi connectivity index (χ3n) is 1.70. The summed E-state index contributed by atoms with van der Waals surface area (Å²) in [6.07, 6.45) is 1.06. The van der Waals surface area contributed by atoms with E-state index in [0.717, 1.165) is 19.5 Å². The van der Waals surface area contributed by atoms with E-state index >= 15 is 0 Å². The molecule has 0 atom stereocenters. The van der Waals surface area contributed by atoms with Crippen molar-refractivity contribution >= 4 is 0 Å². The Morgan fingerprint density at radius 3 is 2.67 bits per heavy atom. The van der Waals surface area contributed by atoms with Gasteiger partial charge in [-0.15, -0.1) is 0 Å². The minimum atomic E-state index is 0.711. The molecule has 1 aromatic carbocycles. The summed E-state index contributed by atoms with van der Waals surface area (Å²) in [4.78, 5) is 0. The first-order valence-electron chi connectivity index (χ1n) is 4.29. The Balaban J connectivity index is 2.16. The van der Waals surface area contributed by atoms with Gasteiger partial charge in [-0.3, -0.25) is 0 Å². The number of hydrogen-bond acceptors (Lipinski definition) is 2. The molecule has 0 amide bonds. The maximum absolute atomic E-state index is 5.34. The summed E-state index contributed by atoms with van der Waals surface area (Å²) in [6, 6.07) is 11.1. The second-order valence-corrected chi connectivity index (χ2v) is 2.70. The highest BCUT2D eigenvalue weighted by atomic mass is 14.9. The molecule has 0 aliphatic heterocycles. The molecule has 2 nitrogen and oxygen atoms in total. The van der Waals surface area contributed by atoms with E-state index in [4.69, 9.17) is 5.73 Å². The average Bonchev–Trinajstić information content (AvgIpc) is 2.14. The predicted octanol–water partition coefficient (Wildman–Crippen LogP) is 0.578. The van der Waals surface area contributed by atoms with E-state index in [1.165, 1.54) is 5.56 Å². The van der Waals surface area contributed by atoms with Crippen LogP contribution in [0, 0.1) is 6.07 Å². The molecule has 0 saturated heterocycles. The number of nitrogens with one attached hydrogen (secondary N) is 1. The van der Waals surface area contributed by atoms with Crippen LogP contribution in [0.2, 0.25) is 0 Å². The maximum atomic E-state index is 5.34. The molecular formula is C10H15N2. The first kappa shape index (κ1) is 9.23. The Labute approximate surface area is 73.8 Å². The van der Waals surface area contributed by atoms with E-state index in [9.17, 15) is 0 Å². The van der Waals surface area contributed by atoms with Crippen LogP contribution in [-0.2, 0) is 6.42 Å². The van der Waals surface area contributed by atoms with Crippen LogP contribution in [0.5, 0.6) is 0 Å². The number of hydrogen-bond donors (Lipinski definition) is 2. The molecule has 0 spiro atoms. The van der Waals surface area contributed by atoms with Gasteiger partial charge in [0.1, 0.15) is 0 Å². The zero-order valence-corrected chi connectivity index (χ0v) is 7.22. The molecule has 12 heavy (non-hydrogen) atoms. The maximum Gasteiger partial charge on any atom is 0.00746 e. The monoisotopic (exact) mass is 163 g/mol. The number of rotatable bonds is 5. The highest BCUT2D eigenvalue weighted by Crippen LogP contribution is 1.97. The fourth-order valence-corrected chi connectivity index (χ4v) is 1.05. The fraction of sp³-hybridized carbons (Fsp3) is 0.400. The van der Waals surface area contributed by atoms with Crippen molar-refractivity contribution in [2.75, 3.05) is 19.6 Å². The van der Waals surface area contributed by atoms with E-state index in [1.54, 1.807) is 0 Å². The molecular weight excluding hydrogens is 148 g/mol. The van der Waals surface area contributed by atoms with E-state index in [2.05, 4.69) is 23.5 Å². The van der Waals surface area contributed by atoms with Crippen LogP contribution in [0.15, 0.2) is 24.3 Å². The number of benzene rings is 1. The molecule has 0 aliphatic carbocycles. The summed E-state index contributed by atoms with van der Waals surface area (Å²) >= 11 is 0. The molecule has 0 saturated carbocycles. The quantitative estimate of drug-likeness (QED) is 0.623. The molecule has 0 aliphatic rings. The lowest BCUT2D eigenvalue weighted by molar-refractivity contribution is 0.689. The molecule has 1 rings (SSSR count). The molecule has 0 fully saturated rings. The van der Waals surface area contributed by atoms with Gasteiger partial charge < -0.3 is 11.1 Å². The van der Waals surface area contributed by atoms with Gasteiger partial charge in [-0.1, -0.05) is 24.3 Å². The van der Waals surface area contributed by atoms with Gasteiger partial charge in [0.25, 0.3) is 0 Å². The van der Waals surface area contributed by atoms with Crippen molar-refractivity contribution in [2.24, 2.45) is 5.73 Å². The van der Waals surface area contributed by atoms with E-state index in [0.29, 0.717) is 6.54 Å². The average molecular weight is 163 g/mol. The van der Waals surface area contributed by atoms with Gasteiger partial charge in [0.05, 0.1) is 0 Å². The molecule has 65 valence electrons. The van der Waals surface area contributed by atoms with Crippen molar-refractivity contribution in [1.29, 1.82) is 0 Å². The summed E-state index contributed by atoms with van der Waals surface area (Å²) in [5, 5.41) is 3.25. The second kappa shape index (κ2) is 5.75. The van der Waals surface area contributed by atoms with Gasteiger partial charge >= 0.3 is 0 Å². The van der Waals surface area contributed by atoms with Crippen LogP contribution in [0.1, 0.15) is 5.56 Å². The van der Waals surface area contributed by atoms with E-state index in [1.807, 2.05) is 12.1 Å². The summed E-state index contributed by atoms with van der Waals surface area (Å²) in [5.41, 5.74) is 6.69. The lowest BCUT2D eigenvalue weighted by atomic mass is 10.1. The zero-order valence-electron chi connectivity index (χ0n) is 7.22. The van der Waals surface area contributed by atoms with E-state index < -0.39 is 0 Å². The Morgan fingerprint density at radius 1 is 1.25 bits per heavy atom. The Kier molecular flexibility index (Phi) is 4.42. The van der Waals surface area contributed by atoms with Gasteiger partial charge in [0, 0.05) is 13.1 Å². The van der Waals surface area contributed by atoms with Crippen LogP contribution < -0.4 is 11.1 Å². The Bertz CT molecular complexity index is 196. The molecule has 2 heteroatoms. The van der Waals surface area contributed by atoms with Gasteiger partial charge in [0.15, 0.2) is 0 Å². The second-order valence-electron chi connectivity index (χ2n) is 2.70. The third-order valence-corrected chi connectivity index (χ3v) is 1.70. The van der Waals surface area contributed by atoms with Crippen LogP contribution in [0.25, 0.3) is 0 Å². The van der Waals surface area contributed by atoms with Gasteiger partial charge in [-0.2, -0.15) is 0 Å². The van der Waals surface area contributed by atoms with Crippen molar-refractivity contribution in [3.8, 4) is 0 Å². The molecule has 1 radical (unpaired) electrons. The summed E-state index contributed by atoms with van der Waals surface area (Å²) in [7, 11) is 0. The SMILES string of the molecule is NCCNCCc1cc[c]cc1. The molecule has 0 unspecified atom stereocenters. The number of nitrogens with two attached hydrogens (primary N) is 1. The van der Waals surface area contributed by atoms with Crippen LogP contribution >= 0.6 is 0 Å². The third kappa shape index (κ3) is 3.51. The van der Waals surface area contributed by atoms with Crippen molar-refractivity contribution < 1.29 is 0 Å². The summed E-state index contributed by atoms with van der Waals surface area (Å²) in [6.45, 7) is 2.61. The lowest BCUT2D eigenvalue weighted by Crippen LogP contribution is -2.24. The summed E-state index contributed by atoms with van der Waals surface area (Å²) < 4.78 is 0. The molecule has 1 aromatic rings. The fourth-order valence-electron chi connectivity index (χ4n) is 1.05. The van der Waals surface area contributed by atoms with Crippen LogP contribution in [-0.4, -0.2) is 19.6 Å². The predicted molar refractivity (Wildman–Crippen MR) is 50.9 cm³/mol. The highest BCUT2D eigenvalue weighted by molar-refractivity contribution is 5.13. The Hall–Kier alpha value is -0.860. The lowest BCUT2D eigenvalue weighted by Gasteiger charge is -2.02. The highest BCUT2D eigenvalue weighted by Gasteiger charge is 1.89. The van der Waals surface area contributed by atoms with Crippen LogP contribution in [0.4, 0.5) is 0 Å². The van der Waals surface area contributed by atoms with Gasteiger partial charge in [0.2, 0.25) is 0 Å². The van der Waals surface area contributed by atoms with E-state index in [-0.39, 0.29) is 0 Å². The van der Waals surface area contributed by atoms with Crippen molar-refractivity contribution in [1.82, 2.24) is 5.32 Å². The minimum absolute atomic E-state index is 0.711. The smallest absolute Gasteiger partial charge is 0.00746 e. The van der Waals surface area contributed by atoms with Gasteiger partial charge in [-0.05, 0) is 24.6 Å². The standard InChI is InChI=1S/C10H15N2/c11-7-9-12-8-6-10-4-2-1-3-5-10/h2-5,12H,6-9,11H2. The summed E-state index contributed by atoms with van der Waals surface area (Å²) in [5.74, 6) is 0. The Morgan fingerprint density at radius 2 is 2.00 bits per heavy atom.